The van der Waals surface area contributed by atoms with Crippen LogP contribution in [0.3, 0.4) is 0 Å². The fourth-order valence-electron chi connectivity index (χ4n) is 4.03. The van der Waals surface area contributed by atoms with Crippen LogP contribution in [0.4, 0.5) is 5.69 Å². The smallest absolute Gasteiger partial charge is 0.255 e. The average Bonchev–Trinajstić information content (AvgIpc) is 3.11. The summed E-state index contributed by atoms with van der Waals surface area (Å²) in [5, 5.41) is 3.51. The Labute approximate surface area is 193 Å². The van der Waals surface area contributed by atoms with Crippen molar-refractivity contribution in [1.29, 1.82) is 0 Å². The quantitative estimate of drug-likeness (QED) is 0.526. The zero-order valence-corrected chi connectivity index (χ0v) is 19.1. The van der Waals surface area contributed by atoms with Crippen LogP contribution >= 0.6 is 11.6 Å². The molecule has 1 aliphatic rings. The molecule has 1 aliphatic heterocycles. The van der Waals surface area contributed by atoms with Gasteiger partial charge in [-0.2, -0.15) is 0 Å². The van der Waals surface area contributed by atoms with E-state index < -0.39 is 6.04 Å². The third-order valence-electron chi connectivity index (χ3n) is 5.82. The van der Waals surface area contributed by atoms with Gasteiger partial charge in [0.2, 0.25) is 5.91 Å². The summed E-state index contributed by atoms with van der Waals surface area (Å²) in [5.74, 6) is 0.226. The fourth-order valence-corrected chi connectivity index (χ4v) is 4.19. The molecule has 0 saturated carbocycles. The highest BCUT2D eigenvalue weighted by Gasteiger charge is 2.34. The number of amides is 2. The number of carbonyl (C=O) groups is 2. The van der Waals surface area contributed by atoms with Crippen LogP contribution in [0.15, 0.2) is 60.7 Å². The molecular formula is C26H25ClN2O3. The first-order valence-corrected chi connectivity index (χ1v) is 10.8. The van der Waals surface area contributed by atoms with Crippen molar-refractivity contribution in [1.82, 2.24) is 4.90 Å². The van der Waals surface area contributed by atoms with Gasteiger partial charge in [-0.15, -0.1) is 0 Å². The molecule has 2 amide bonds. The number of hydrogen-bond acceptors (Lipinski definition) is 3. The lowest BCUT2D eigenvalue weighted by atomic mass is 10.00. The SMILES string of the molecule is COc1cc(Cl)c(C)cc1NC(=O)C[C@@H](c1ccc(C)cc1)N1Cc2ccccc2C1=O. The van der Waals surface area contributed by atoms with Crippen molar-refractivity contribution in [2.75, 3.05) is 12.4 Å². The van der Waals surface area contributed by atoms with Crippen LogP contribution in [-0.2, 0) is 11.3 Å². The first kappa shape index (κ1) is 21.9. The van der Waals surface area contributed by atoms with E-state index in [0.29, 0.717) is 28.6 Å². The number of methoxy groups -OCH3 is 1. The van der Waals surface area contributed by atoms with E-state index in [0.717, 1.165) is 22.3 Å². The summed E-state index contributed by atoms with van der Waals surface area (Å²) in [6.07, 6.45) is 0.119. The van der Waals surface area contributed by atoms with Gasteiger partial charge in [0.1, 0.15) is 5.75 Å². The molecule has 3 aromatic rings. The molecular weight excluding hydrogens is 424 g/mol. The summed E-state index contributed by atoms with van der Waals surface area (Å²) >= 11 is 6.19. The van der Waals surface area contributed by atoms with Crippen molar-refractivity contribution < 1.29 is 14.3 Å². The molecule has 1 atom stereocenters. The maximum absolute atomic E-state index is 13.2. The molecule has 0 spiro atoms. The predicted octanol–water partition coefficient (Wildman–Crippen LogP) is 5.69. The zero-order chi connectivity index (χ0) is 22.8. The molecule has 1 N–H and O–H groups in total. The molecule has 0 bridgehead atoms. The van der Waals surface area contributed by atoms with E-state index in [1.165, 1.54) is 7.11 Å². The fraction of sp³-hybridized carbons (Fsp3) is 0.231. The number of ether oxygens (including phenoxy) is 1. The first-order valence-electron chi connectivity index (χ1n) is 10.5. The average molecular weight is 449 g/mol. The summed E-state index contributed by atoms with van der Waals surface area (Å²) in [5.41, 5.74) is 5.10. The Balaban J connectivity index is 1.62. The van der Waals surface area contributed by atoms with Gasteiger partial charge in [-0.3, -0.25) is 9.59 Å². The molecule has 0 aromatic heterocycles. The van der Waals surface area contributed by atoms with Crippen molar-refractivity contribution in [3.63, 3.8) is 0 Å². The summed E-state index contributed by atoms with van der Waals surface area (Å²) in [4.78, 5) is 28.1. The van der Waals surface area contributed by atoms with Crippen LogP contribution < -0.4 is 10.1 Å². The topological polar surface area (TPSA) is 58.6 Å². The number of carbonyl (C=O) groups excluding carboxylic acids is 2. The van der Waals surface area contributed by atoms with Gasteiger partial charge in [0, 0.05) is 23.2 Å². The van der Waals surface area contributed by atoms with Crippen LogP contribution in [-0.4, -0.2) is 23.8 Å². The van der Waals surface area contributed by atoms with E-state index in [4.69, 9.17) is 16.3 Å². The summed E-state index contributed by atoms with van der Waals surface area (Å²) in [6, 6.07) is 18.6. The number of fused-ring (bicyclic) bond motifs is 1. The van der Waals surface area contributed by atoms with Gasteiger partial charge in [0.15, 0.2) is 0 Å². The van der Waals surface area contributed by atoms with Crippen molar-refractivity contribution in [2.24, 2.45) is 0 Å². The second-order valence-electron chi connectivity index (χ2n) is 8.07. The third-order valence-corrected chi connectivity index (χ3v) is 6.23. The Bertz CT molecular complexity index is 1170. The molecule has 0 fully saturated rings. The predicted molar refractivity (Wildman–Crippen MR) is 126 cm³/mol. The van der Waals surface area contributed by atoms with Gasteiger partial charge in [-0.25, -0.2) is 0 Å². The molecule has 0 aliphatic carbocycles. The van der Waals surface area contributed by atoms with Gasteiger partial charge in [-0.05, 0) is 42.7 Å². The lowest BCUT2D eigenvalue weighted by Crippen LogP contribution is -2.32. The molecule has 0 saturated heterocycles. The lowest BCUT2D eigenvalue weighted by molar-refractivity contribution is -0.117. The van der Waals surface area contributed by atoms with E-state index in [9.17, 15) is 9.59 Å². The normalized spacial score (nSPS) is 13.6. The molecule has 4 rings (SSSR count). The number of nitrogens with zero attached hydrogens (tertiary/aromatic N) is 1. The summed E-state index contributed by atoms with van der Waals surface area (Å²) in [6.45, 7) is 4.36. The van der Waals surface area contributed by atoms with E-state index in [2.05, 4.69) is 5.32 Å². The molecule has 1 heterocycles. The lowest BCUT2D eigenvalue weighted by Gasteiger charge is -2.28. The van der Waals surface area contributed by atoms with Crippen molar-refractivity contribution in [3.05, 3.63) is 93.5 Å². The van der Waals surface area contributed by atoms with E-state index in [1.807, 2.05) is 62.4 Å². The second-order valence-corrected chi connectivity index (χ2v) is 8.48. The largest absolute Gasteiger partial charge is 0.495 e. The van der Waals surface area contributed by atoms with Crippen molar-refractivity contribution in [2.45, 2.75) is 32.9 Å². The van der Waals surface area contributed by atoms with Gasteiger partial charge in [0.25, 0.3) is 5.91 Å². The van der Waals surface area contributed by atoms with Gasteiger partial charge < -0.3 is 15.0 Å². The minimum atomic E-state index is -0.394. The maximum atomic E-state index is 13.2. The summed E-state index contributed by atoms with van der Waals surface area (Å²) < 4.78 is 5.38. The monoisotopic (exact) mass is 448 g/mol. The number of aryl methyl sites for hydroxylation is 2. The minimum absolute atomic E-state index is 0.0566. The molecule has 5 nitrogen and oxygen atoms in total. The Morgan fingerprint density at radius 2 is 1.84 bits per heavy atom. The van der Waals surface area contributed by atoms with E-state index in [-0.39, 0.29) is 18.2 Å². The van der Waals surface area contributed by atoms with Crippen LogP contribution in [0.2, 0.25) is 5.02 Å². The molecule has 164 valence electrons. The molecule has 3 aromatic carbocycles. The van der Waals surface area contributed by atoms with Crippen molar-refractivity contribution in [3.8, 4) is 5.75 Å². The Morgan fingerprint density at radius 3 is 2.53 bits per heavy atom. The highest BCUT2D eigenvalue weighted by Crippen LogP contribution is 2.35. The number of rotatable bonds is 6. The number of hydrogen-bond donors (Lipinski definition) is 1. The van der Waals surface area contributed by atoms with Gasteiger partial charge in [0.05, 0.1) is 25.3 Å². The molecule has 0 unspecified atom stereocenters. The number of nitrogens with one attached hydrogen (secondary N) is 1. The number of halogens is 1. The van der Waals surface area contributed by atoms with Crippen LogP contribution in [0.1, 0.15) is 45.1 Å². The molecule has 0 radical (unpaired) electrons. The Hall–Kier alpha value is -3.31. The minimum Gasteiger partial charge on any atom is -0.495 e. The third kappa shape index (κ3) is 4.34. The highest BCUT2D eigenvalue weighted by molar-refractivity contribution is 6.31. The Kier molecular flexibility index (Phi) is 6.19. The molecule has 32 heavy (non-hydrogen) atoms. The zero-order valence-electron chi connectivity index (χ0n) is 18.3. The standard InChI is InChI=1S/C26H25ClN2O3/c1-16-8-10-18(11-9-16)23(29-15-19-6-4-5-7-20(19)26(29)31)14-25(30)28-22-12-17(2)21(27)13-24(22)32-3/h4-13,23H,14-15H2,1-3H3,(H,28,30)/t23-/m0/s1. The Morgan fingerprint density at radius 1 is 1.12 bits per heavy atom. The van der Waals surface area contributed by atoms with Crippen LogP contribution in [0.5, 0.6) is 5.75 Å². The molecule has 6 heteroatoms. The number of benzene rings is 3. The number of anilines is 1. The van der Waals surface area contributed by atoms with Crippen LogP contribution in [0.25, 0.3) is 0 Å². The second kappa shape index (κ2) is 9.05. The van der Waals surface area contributed by atoms with Crippen molar-refractivity contribution >= 4 is 29.1 Å². The van der Waals surface area contributed by atoms with Gasteiger partial charge >= 0.3 is 0 Å². The maximum Gasteiger partial charge on any atom is 0.255 e. The van der Waals surface area contributed by atoms with E-state index >= 15 is 0 Å². The van der Waals surface area contributed by atoms with Gasteiger partial charge in [-0.1, -0.05) is 59.6 Å². The first-order chi connectivity index (χ1) is 15.4. The summed E-state index contributed by atoms with van der Waals surface area (Å²) in [7, 11) is 1.53. The van der Waals surface area contributed by atoms with Crippen LogP contribution in [0, 0.1) is 13.8 Å². The highest BCUT2D eigenvalue weighted by atomic mass is 35.5. The van der Waals surface area contributed by atoms with E-state index in [1.54, 1.807) is 17.0 Å².